The number of nitrogens with zero attached hydrogens (tertiary/aromatic N) is 2. The predicted octanol–water partition coefficient (Wildman–Crippen LogP) is 3.04. The largest absolute Gasteiger partial charge is 0.327 e. The average molecular weight is 281 g/mol. The van der Waals surface area contributed by atoms with Gasteiger partial charge in [-0.15, -0.1) is 0 Å². The Morgan fingerprint density at radius 2 is 1.57 bits per heavy atom. The number of hydrogen-bond acceptors (Lipinski definition) is 2. The highest BCUT2D eigenvalue weighted by Gasteiger charge is 2.36. The predicted molar refractivity (Wildman–Crippen MR) is 80.9 cm³/mol. The Morgan fingerprint density at radius 1 is 0.952 bits per heavy atom. The summed E-state index contributed by atoms with van der Waals surface area (Å²) in [6, 6.07) is 20.1. The number of benzene rings is 2. The summed E-state index contributed by atoms with van der Waals surface area (Å²) in [6.45, 7) is -0.143. The third-order valence-corrected chi connectivity index (χ3v) is 3.56. The Hall–Kier alpha value is -2.46. The van der Waals surface area contributed by atoms with Crippen molar-refractivity contribution in [1.82, 2.24) is 9.78 Å². The molecule has 106 valence electrons. The minimum Gasteiger partial charge on any atom is -0.327 e. The molecule has 0 bridgehead atoms. The topological polar surface area (TPSA) is 43.8 Å². The van der Waals surface area contributed by atoms with Crippen LogP contribution in [0.5, 0.6) is 0 Å². The molecule has 4 heteroatoms. The van der Waals surface area contributed by atoms with Crippen molar-refractivity contribution < 1.29 is 4.39 Å². The van der Waals surface area contributed by atoms with Crippen molar-refractivity contribution in [1.29, 1.82) is 0 Å². The maximum Gasteiger partial charge on any atom is 0.189 e. The van der Waals surface area contributed by atoms with Crippen molar-refractivity contribution in [2.45, 2.75) is 5.67 Å². The van der Waals surface area contributed by atoms with Gasteiger partial charge >= 0.3 is 0 Å². The molecule has 3 aromatic rings. The van der Waals surface area contributed by atoms with Crippen molar-refractivity contribution in [3.05, 3.63) is 84.2 Å². The molecule has 0 aliphatic rings. The second kappa shape index (κ2) is 5.50. The van der Waals surface area contributed by atoms with Crippen LogP contribution in [0, 0.1) is 0 Å². The molecule has 3 nitrogen and oxygen atoms in total. The number of aromatic nitrogens is 2. The van der Waals surface area contributed by atoms with Gasteiger partial charge in [-0.1, -0.05) is 48.5 Å². The summed E-state index contributed by atoms with van der Waals surface area (Å²) in [4.78, 5) is 0. The van der Waals surface area contributed by atoms with Gasteiger partial charge in [0.2, 0.25) is 0 Å². The lowest BCUT2D eigenvalue weighted by Crippen LogP contribution is -2.34. The second-order valence-corrected chi connectivity index (χ2v) is 4.84. The van der Waals surface area contributed by atoms with Crippen LogP contribution >= 0.6 is 0 Å². The molecule has 1 aromatic heterocycles. The molecular formula is C17H16FN3. The fourth-order valence-corrected chi connectivity index (χ4v) is 2.45. The van der Waals surface area contributed by atoms with Crippen LogP contribution in [-0.4, -0.2) is 16.3 Å². The van der Waals surface area contributed by atoms with Gasteiger partial charge < -0.3 is 5.73 Å². The van der Waals surface area contributed by atoms with E-state index in [9.17, 15) is 0 Å². The highest BCUT2D eigenvalue weighted by atomic mass is 19.1. The zero-order valence-electron chi connectivity index (χ0n) is 11.5. The SMILES string of the molecule is NCC(F)(c1ccccc1)c1ccnn1-c1ccccc1. The summed E-state index contributed by atoms with van der Waals surface area (Å²) in [6.07, 6.45) is 1.59. The van der Waals surface area contributed by atoms with Crippen LogP contribution in [-0.2, 0) is 5.67 Å². The van der Waals surface area contributed by atoms with E-state index in [0.29, 0.717) is 11.3 Å². The Balaban J connectivity index is 2.14. The van der Waals surface area contributed by atoms with Gasteiger partial charge in [-0.2, -0.15) is 5.10 Å². The van der Waals surface area contributed by atoms with Gasteiger partial charge in [-0.25, -0.2) is 9.07 Å². The lowest BCUT2D eigenvalue weighted by molar-refractivity contribution is 0.221. The highest BCUT2D eigenvalue weighted by molar-refractivity contribution is 5.39. The molecule has 0 saturated heterocycles. The van der Waals surface area contributed by atoms with Gasteiger partial charge in [0.15, 0.2) is 5.67 Å². The molecule has 0 aliphatic carbocycles. The molecule has 1 unspecified atom stereocenters. The molecule has 2 aromatic carbocycles. The fraction of sp³-hybridized carbons (Fsp3) is 0.118. The first-order valence-corrected chi connectivity index (χ1v) is 6.80. The van der Waals surface area contributed by atoms with Gasteiger partial charge in [-0.3, -0.25) is 0 Å². The Bertz CT molecular complexity index is 709. The number of para-hydroxylation sites is 1. The Kier molecular flexibility index (Phi) is 3.54. The first-order chi connectivity index (χ1) is 10.3. The first kappa shape index (κ1) is 13.5. The van der Waals surface area contributed by atoms with Crippen LogP contribution < -0.4 is 5.73 Å². The molecule has 0 amide bonds. The Morgan fingerprint density at radius 3 is 2.19 bits per heavy atom. The number of alkyl halides is 1. The van der Waals surface area contributed by atoms with Crippen molar-refractivity contribution in [2.24, 2.45) is 5.73 Å². The fourth-order valence-electron chi connectivity index (χ4n) is 2.45. The van der Waals surface area contributed by atoms with Gasteiger partial charge in [-0.05, 0) is 23.8 Å². The summed E-state index contributed by atoms with van der Waals surface area (Å²) >= 11 is 0. The van der Waals surface area contributed by atoms with Gasteiger partial charge in [0.05, 0.1) is 11.4 Å². The van der Waals surface area contributed by atoms with Crippen LogP contribution in [0.3, 0.4) is 0 Å². The lowest BCUT2D eigenvalue weighted by atomic mass is 9.92. The quantitative estimate of drug-likeness (QED) is 0.798. The first-order valence-electron chi connectivity index (χ1n) is 6.80. The highest BCUT2D eigenvalue weighted by Crippen LogP contribution is 2.33. The monoisotopic (exact) mass is 281 g/mol. The van der Waals surface area contributed by atoms with Gasteiger partial charge in [0.1, 0.15) is 0 Å². The summed E-state index contributed by atoms with van der Waals surface area (Å²) in [7, 11) is 0. The van der Waals surface area contributed by atoms with Crippen molar-refractivity contribution >= 4 is 0 Å². The zero-order chi connectivity index (χ0) is 14.7. The molecule has 1 atom stereocenters. The van der Waals surface area contributed by atoms with Gasteiger partial charge in [0.25, 0.3) is 0 Å². The minimum absolute atomic E-state index is 0.143. The second-order valence-electron chi connectivity index (χ2n) is 4.84. The van der Waals surface area contributed by atoms with E-state index in [1.54, 1.807) is 29.1 Å². The summed E-state index contributed by atoms with van der Waals surface area (Å²) in [5, 5.41) is 4.25. The van der Waals surface area contributed by atoms with Crippen LogP contribution in [0.15, 0.2) is 72.9 Å². The third kappa shape index (κ3) is 2.34. The van der Waals surface area contributed by atoms with Crippen LogP contribution in [0.4, 0.5) is 4.39 Å². The summed E-state index contributed by atoms with van der Waals surface area (Å²) in [5.41, 5.74) is 5.77. The summed E-state index contributed by atoms with van der Waals surface area (Å²) in [5.74, 6) is 0. The molecule has 0 fully saturated rings. The maximum atomic E-state index is 15.6. The van der Waals surface area contributed by atoms with Crippen LogP contribution in [0.1, 0.15) is 11.3 Å². The van der Waals surface area contributed by atoms with E-state index in [1.165, 1.54) is 0 Å². The molecule has 21 heavy (non-hydrogen) atoms. The standard InChI is InChI=1S/C17H16FN3/c18-17(13-19,14-7-3-1-4-8-14)16-11-12-20-21(16)15-9-5-2-6-10-15/h1-12H,13,19H2. The van der Waals surface area contributed by atoms with Crippen molar-refractivity contribution in [3.63, 3.8) is 0 Å². The van der Waals surface area contributed by atoms with E-state index >= 15 is 4.39 Å². The molecule has 0 aliphatic heterocycles. The maximum absolute atomic E-state index is 15.6. The molecule has 2 N–H and O–H groups in total. The normalized spacial score (nSPS) is 13.8. The van der Waals surface area contributed by atoms with E-state index in [2.05, 4.69) is 5.10 Å². The molecule has 0 radical (unpaired) electrons. The molecule has 0 spiro atoms. The average Bonchev–Trinajstić information content (AvgIpc) is 3.06. The van der Waals surface area contributed by atoms with Crippen LogP contribution in [0.2, 0.25) is 0 Å². The lowest BCUT2D eigenvalue weighted by Gasteiger charge is -2.25. The number of rotatable bonds is 4. The van der Waals surface area contributed by atoms with Crippen molar-refractivity contribution in [3.8, 4) is 5.69 Å². The van der Waals surface area contributed by atoms with Crippen LogP contribution in [0.25, 0.3) is 5.69 Å². The number of hydrogen-bond donors (Lipinski definition) is 1. The van der Waals surface area contributed by atoms with Crippen molar-refractivity contribution in [2.75, 3.05) is 6.54 Å². The molecule has 1 heterocycles. The van der Waals surface area contributed by atoms with E-state index in [1.807, 2.05) is 48.5 Å². The Labute approximate surface area is 122 Å². The smallest absolute Gasteiger partial charge is 0.189 e. The number of nitrogens with two attached hydrogens (primary N) is 1. The van der Waals surface area contributed by atoms with Gasteiger partial charge in [0, 0.05) is 12.7 Å². The minimum atomic E-state index is -1.77. The van der Waals surface area contributed by atoms with E-state index in [4.69, 9.17) is 5.73 Å². The van der Waals surface area contributed by atoms with E-state index in [-0.39, 0.29) is 6.54 Å². The van der Waals surface area contributed by atoms with E-state index < -0.39 is 5.67 Å². The van der Waals surface area contributed by atoms with E-state index in [0.717, 1.165) is 5.69 Å². The molecule has 0 saturated carbocycles. The zero-order valence-corrected chi connectivity index (χ0v) is 11.5. The third-order valence-electron chi connectivity index (χ3n) is 3.56. The number of halogens is 1. The molecule has 3 rings (SSSR count). The molecular weight excluding hydrogens is 265 g/mol. The summed E-state index contributed by atoms with van der Waals surface area (Å²) < 4.78 is 17.2.